The summed E-state index contributed by atoms with van der Waals surface area (Å²) >= 11 is 1.37. The molecule has 3 aromatic rings. The number of aliphatic imine (C=N–C) groups is 1. The van der Waals surface area contributed by atoms with Crippen LogP contribution in [0, 0.1) is 6.92 Å². The van der Waals surface area contributed by atoms with Gasteiger partial charge in [0.25, 0.3) is 0 Å². The van der Waals surface area contributed by atoms with Gasteiger partial charge in [-0.25, -0.2) is 4.99 Å². The molecule has 7 heteroatoms. The second kappa shape index (κ2) is 9.99. The fourth-order valence-electron chi connectivity index (χ4n) is 4.32. The van der Waals surface area contributed by atoms with Crippen molar-refractivity contribution in [3.63, 3.8) is 0 Å². The maximum atomic E-state index is 13.3. The summed E-state index contributed by atoms with van der Waals surface area (Å²) in [5, 5.41) is 5.26. The molecule has 2 aliphatic heterocycles. The summed E-state index contributed by atoms with van der Waals surface area (Å²) in [5.41, 5.74) is 2.60. The van der Waals surface area contributed by atoms with Crippen LogP contribution in [0.4, 0.5) is 11.4 Å². The summed E-state index contributed by atoms with van der Waals surface area (Å²) in [6.45, 7) is 3.20. The van der Waals surface area contributed by atoms with Crippen LogP contribution in [-0.2, 0) is 14.3 Å². The van der Waals surface area contributed by atoms with Crippen LogP contribution in [0.2, 0.25) is 0 Å². The monoisotopic (exact) mass is 473 g/mol. The highest BCUT2D eigenvalue weighted by Crippen LogP contribution is 2.33. The number of ether oxygens (including phenoxy) is 1. The number of carbonyl (C=O) groups excluding carboxylic acids is 2. The minimum Gasteiger partial charge on any atom is -0.376 e. The van der Waals surface area contributed by atoms with Crippen molar-refractivity contribution >= 4 is 50.9 Å². The Morgan fingerprint density at radius 1 is 1.12 bits per heavy atom. The minimum absolute atomic E-state index is 0.0109. The maximum absolute atomic E-state index is 13.3. The number of rotatable bonds is 6. The smallest absolute Gasteiger partial charge is 0.242 e. The number of hydrogen-bond donors (Lipinski definition) is 1. The van der Waals surface area contributed by atoms with Gasteiger partial charge in [0, 0.05) is 18.7 Å². The van der Waals surface area contributed by atoms with Gasteiger partial charge >= 0.3 is 0 Å². The Hall–Kier alpha value is -3.16. The molecule has 3 aromatic carbocycles. The standard InChI is InChI=1S/C27H27N3O3S/c1-18-7-2-5-11-23(18)29-27-30(17-22-10-6-14-33-22)26(32)24(34-27)16-25(31)28-21-13-12-19-8-3-4-9-20(19)15-21/h2-5,7-9,11-13,15,22,24H,6,10,14,16-17H2,1H3,(H,28,31). The Morgan fingerprint density at radius 2 is 1.91 bits per heavy atom. The zero-order valence-electron chi connectivity index (χ0n) is 19.1. The molecule has 2 saturated heterocycles. The van der Waals surface area contributed by atoms with E-state index in [1.807, 2.05) is 73.7 Å². The molecule has 0 aromatic heterocycles. The first kappa shape index (κ1) is 22.6. The van der Waals surface area contributed by atoms with Crippen molar-refractivity contribution in [3.8, 4) is 0 Å². The normalized spacial score (nSPS) is 21.5. The third-order valence-electron chi connectivity index (χ3n) is 6.17. The lowest BCUT2D eigenvalue weighted by Crippen LogP contribution is -2.38. The number of amidine groups is 1. The molecule has 2 fully saturated rings. The fraction of sp³-hybridized carbons (Fsp3) is 0.296. The number of hydrogen-bond acceptors (Lipinski definition) is 5. The maximum Gasteiger partial charge on any atom is 0.242 e. The lowest BCUT2D eigenvalue weighted by atomic mass is 10.1. The molecule has 174 valence electrons. The zero-order valence-corrected chi connectivity index (χ0v) is 19.9. The van der Waals surface area contributed by atoms with E-state index in [1.54, 1.807) is 4.90 Å². The number of thioether (sulfide) groups is 1. The van der Waals surface area contributed by atoms with Gasteiger partial charge in [-0.15, -0.1) is 0 Å². The fourth-order valence-corrected chi connectivity index (χ4v) is 5.48. The molecule has 2 aliphatic rings. The first-order valence-corrected chi connectivity index (χ1v) is 12.5. The van der Waals surface area contributed by atoms with E-state index in [1.165, 1.54) is 11.8 Å². The summed E-state index contributed by atoms with van der Waals surface area (Å²) in [6, 6.07) is 21.7. The van der Waals surface area contributed by atoms with Gasteiger partial charge < -0.3 is 10.1 Å². The SMILES string of the molecule is Cc1ccccc1N=C1SC(CC(=O)Nc2ccc3ccccc3c2)C(=O)N1CC1CCCO1. The predicted molar refractivity (Wildman–Crippen MR) is 138 cm³/mol. The molecule has 2 heterocycles. The number of benzene rings is 3. The molecule has 0 saturated carbocycles. The van der Waals surface area contributed by atoms with Crippen molar-refractivity contribution in [3.05, 3.63) is 72.3 Å². The van der Waals surface area contributed by atoms with Gasteiger partial charge in [0.05, 0.1) is 18.3 Å². The van der Waals surface area contributed by atoms with Crippen LogP contribution in [0.15, 0.2) is 71.7 Å². The number of para-hydroxylation sites is 1. The lowest BCUT2D eigenvalue weighted by molar-refractivity contribution is -0.129. The van der Waals surface area contributed by atoms with Crippen LogP contribution in [0.3, 0.4) is 0 Å². The summed E-state index contributed by atoms with van der Waals surface area (Å²) in [7, 11) is 0. The number of nitrogens with one attached hydrogen (secondary N) is 1. The van der Waals surface area contributed by atoms with Gasteiger partial charge in [-0.3, -0.25) is 14.5 Å². The molecule has 2 unspecified atom stereocenters. The van der Waals surface area contributed by atoms with Crippen molar-refractivity contribution < 1.29 is 14.3 Å². The van der Waals surface area contributed by atoms with Gasteiger partial charge in [-0.1, -0.05) is 60.3 Å². The first-order valence-electron chi connectivity index (χ1n) is 11.6. The molecule has 2 atom stereocenters. The van der Waals surface area contributed by atoms with E-state index in [0.717, 1.165) is 47.2 Å². The number of fused-ring (bicyclic) bond motifs is 1. The summed E-state index contributed by atoms with van der Waals surface area (Å²) < 4.78 is 5.78. The van der Waals surface area contributed by atoms with Crippen LogP contribution in [0.25, 0.3) is 10.8 Å². The first-order chi connectivity index (χ1) is 16.6. The average Bonchev–Trinajstić information content (AvgIpc) is 3.45. The van der Waals surface area contributed by atoms with Crippen LogP contribution < -0.4 is 5.32 Å². The second-order valence-electron chi connectivity index (χ2n) is 8.69. The van der Waals surface area contributed by atoms with Crippen LogP contribution in [0.1, 0.15) is 24.8 Å². The van der Waals surface area contributed by atoms with Gasteiger partial charge in [0.2, 0.25) is 11.8 Å². The molecule has 2 amide bonds. The molecule has 34 heavy (non-hydrogen) atoms. The van der Waals surface area contributed by atoms with E-state index in [9.17, 15) is 9.59 Å². The topological polar surface area (TPSA) is 71.0 Å². The zero-order chi connectivity index (χ0) is 23.5. The van der Waals surface area contributed by atoms with Crippen LogP contribution >= 0.6 is 11.8 Å². The third kappa shape index (κ3) is 5.00. The predicted octanol–water partition coefficient (Wildman–Crippen LogP) is 5.29. The van der Waals surface area contributed by atoms with Crippen LogP contribution in [-0.4, -0.2) is 46.4 Å². The van der Waals surface area contributed by atoms with Crippen LogP contribution in [0.5, 0.6) is 0 Å². The molecule has 5 rings (SSSR count). The van der Waals surface area contributed by atoms with E-state index >= 15 is 0 Å². The molecular weight excluding hydrogens is 446 g/mol. The van der Waals surface area contributed by atoms with Crippen molar-refractivity contribution in [1.82, 2.24) is 4.90 Å². The largest absolute Gasteiger partial charge is 0.376 e. The Balaban J connectivity index is 1.32. The van der Waals surface area contributed by atoms with E-state index in [2.05, 4.69) is 5.32 Å². The summed E-state index contributed by atoms with van der Waals surface area (Å²) in [4.78, 5) is 32.7. The Kier molecular flexibility index (Phi) is 6.65. The van der Waals surface area contributed by atoms with Crippen molar-refractivity contribution in [2.45, 2.75) is 37.5 Å². The minimum atomic E-state index is -0.510. The Labute approximate surface area is 203 Å². The lowest BCUT2D eigenvalue weighted by Gasteiger charge is -2.20. The molecule has 0 aliphatic carbocycles. The molecular formula is C27H27N3O3S. The molecule has 1 N–H and O–H groups in total. The average molecular weight is 474 g/mol. The number of carbonyl (C=O) groups is 2. The molecule has 6 nitrogen and oxygen atoms in total. The van der Waals surface area contributed by atoms with Crippen molar-refractivity contribution in [2.75, 3.05) is 18.5 Å². The Bertz CT molecular complexity index is 1250. The second-order valence-corrected chi connectivity index (χ2v) is 9.86. The molecule has 0 bridgehead atoms. The van der Waals surface area contributed by atoms with E-state index in [4.69, 9.17) is 9.73 Å². The highest BCUT2D eigenvalue weighted by molar-refractivity contribution is 8.15. The van der Waals surface area contributed by atoms with Gasteiger partial charge in [-0.05, 0) is 54.3 Å². The summed E-state index contributed by atoms with van der Waals surface area (Å²) in [5.74, 6) is -0.267. The van der Waals surface area contributed by atoms with Gasteiger partial charge in [0.15, 0.2) is 5.17 Å². The number of amides is 2. The van der Waals surface area contributed by atoms with Crippen molar-refractivity contribution in [2.24, 2.45) is 4.99 Å². The molecule has 0 spiro atoms. The number of anilines is 1. The van der Waals surface area contributed by atoms with Gasteiger partial charge in [-0.2, -0.15) is 0 Å². The van der Waals surface area contributed by atoms with Crippen molar-refractivity contribution in [1.29, 1.82) is 0 Å². The highest BCUT2D eigenvalue weighted by atomic mass is 32.2. The molecule has 0 radical (unpaired) electrons. The van der Waals surface area contributed by atoms with Gasteiger partial charge in [0.1, 0.15) is 5.25 Å². The van der Waals surface area contributed by atoms with E-state index in [-0.39, 0.29) is 24.3 Å². The Morgan fingerprint density at radius 3 is 2.71 bits per heavy atom. The number of aryl methyl sites for hydroxylation is 1. The highest BCUT2D eigenvalue weighted by Gasteiger charge is 2.40. The van der Waals surface area contributed by atoms with E-state index < -0.39 is 5.25 Å². The quantitative estimate of drug-likeness (QED) is 0.528. The summed E-state index contributed by atoms with van der Waals surface area (Å²) in [6.07, 6.45) is 2.03. The third-order valence-corrected chi connectivity index (χ3v) is 7.34. The number of nitrogens with zero attached hydrogens (tertiary/aromatic N) is 2. The van der Waals surface area contributed by atoms with E-state index in [0.29, 0.717) is 11.7 Å².